The van der Waals surface area contributed by atoms with E-state index in [0.29, 0.717) is 11.5 Å². The van der Waals surface area contributed by atoms with Crippen LogP contribution in [0, 0.1) is 0 Å². The van der Waals surface area contributed by atoms with E-state index in [0.717, 1.165) is 11.3 Å². The molecule has 0 bridgehead atoms. The van der Waals surface area contributed by atoms with Gasteiger partial charge >= 0.3 is 0 Å². The van der Waals surface area contributed by atoms with E-state index in [2.05, 4.69) is 14.9 Å². The number of benzene rings is 1. The van der Waals surface area contributed by atoms with Gasteiger partial charge in [-0.05, 0) is 22.4 Å². The van der Waals surface area contributed by atoms with Crippen LogP contribution >= 0.6 is 0 Å². The van der Waals surface area contributed by atoms with E-state index < -0.39 is 0 Å². The Balaban J connectivity index is 2.36. The molecule has 5 heteroatoms. The van der Waals surface area contributed by atoms with E-state index in [1.807, 2.05) is 43.3 Å². The number of aromatic nitrogens is 2. The zero-order valence-electron chi connectivity index (χ0n) is 8.64. The fourth-order valence-electron chi connectivity index (χ4n) is 1.31. The standard InChI is InChI=1S/C10H12N4O/c1-14(2)8-5-3-7(4-6-8)9-10(11)13-15-12-9/h3-6H,1-2H3,(H2,11,13). The molecular formula is C10H12N4O. The van der Waals surface area contributed by atoms with Crippen molar-refractivity contribution in [3.8, 4) is 11.3 Å². The Hall–Kier alpha value is -2.04. The second-order valence-electron chi connectivity index (χ2n) is 3.44. The molecule has 0 saturated heterocycles. The molecule has 2 rings (SSSR count). The maximum Gasteiger partial charge on any atom is 0.196 e. The predicted molar refractivity (Wildman–Crippen MR) is 58.5 cm³/mol. The molecule has 0 fully saturated rings. The highest BCUT2D eigenvalue weighted by Gasteiger charge is 2.08. The van der Waals surface area contributed by atoms with Crippen LogP contribution < -0.4 is 10.6 Å². The van der Waals surface area contributed by atoms with Gasteiger partial charge in [0.2, 0.25) is 0 Å². The van der Waals surface area contributed by atoms with E-state index in [1.54, 1.807) is 0 Å². The largest absolute Gasteiger partial charge is 0.379 e. The summed E-state index contributed by atoms with van der Waals surface area (Å²) in [7, 11) is 3.97. The summed E-state index contributed by atoms with van der Waals surface area (Å²) < 4.78 is 4.54. The van der Waals surface area contributed by atoms with Gasteiger partial charge in [0.1, 0.15) is 0 Å². The number of hydrogen-bond donors (Lipinski definition) is 1. The van der Waals surface area contributed by atoms with Gasteiger partial charge < -0.3 is 10.6 Å². The minimum atomic E-state index is 0.313. The zero-order chi connectivity index (χ0) is 10.8. The Kier molecular flexibility index (Phi) is 2.29. The molecule has 15 heavy (non-hydrogen) atoms. The van der Waals surface area contributed by atoms with Crippen LogP contribution in [0.15, 0.2) is 28.9 Å². The SMILES string of the molecule is CN(C)c1ccc(-c2nonc2N)cc1. The van der Waals surface area contributed by atoms with Crippen LogP contribution in [0.1, 0.15) is 0 Å². The molecule has 0 aliphatic rings. The lowest BCUT2D eigenvalue weighted by Crippen LogP contribution is -2.07. The maximum absolute atomic E-state index is 5.59. The molecule has 0 aliphatic heterocycles. The molecule has 0 spiro atoms. The van der Waals surface area contributed by atoms with E-state index in [-0.39, 0.29) is 0 Å². The van der Waals surface area contributed by atoms with Crippen LogP contribution in [-0.4, -0.2) is 24.4 Å². The van der Waals surface area contributed by atoms with E-state index in [1.165, 1.54) is 0 Å². The number of hydrogen-bond acceptors (Lipinski definition) is 5. The number of rotatable bonds is 2. The smallest absolute Gasteiger partial charge is 0.196 e. The summed E-state index contributed by atoms with van der Waals surface area (Å²) in [5, 5.41) is 7.27. The molecule has 78 valence electrons. The molecule has 1 heterocycles. The van der Waals surface area contributed by atoms with Crippen LogP contribution in [0.2, 0.25) is 0 Å². The van der Waals surface area contributed by atoms with Crippen molar-refractivity contribution in [1.29, 1.82) is 0 Å². The normalized spacial score (nSPS) is 10.3. The Bertz CT molecular complexity index is 447. The Morgan fingerprint density at radius 1 is 1.13 bits per heavy atom. The average Bonchev–Trinajstić information content (AvgIpc) is 2.65. The Labute approximate surface area is 87.5 Å². The van der Waals surface area contributed by atoms with Gasteiger partial charge in [0, 0.05) is 25.3 Å². The van der Waals surface area contributed by atoms with E-state index in [4.69, 9.17) is 5.73 Å². The van der Waals surface area contributed by atoms with Crippen molar-refractivity contribution in [1.82, 2.24) is 10.3 Å². The summed E-state index contributed by atoms with van der Waals surface area (Å²) in [6.07, 6.45) is 0. The van der Waals surface area contributed by atoms with Crippen LogP contribution in [0.5, 0.6) is 0 Å². The summed E-state index contributed by atoms with van der Waals surface area (Å²) in [5.74, 6) is 0.313. The van der Waals surface area contributed by atoms with Crippen molar-refractivity contribution >= 4 is 11.5 Å². The first-order chi connectivity index (χ1) is 7.18. The summed E-state index contributed by atoms with van der Waals surface area (Å²) in [4.78, 5) is 2.02. The molecule has 0 unspecified atom stereocenters. The zero-order valence-corrected chi connectivity index (χ0v) is 8.64. The van der Waals surface area contributed by atoms with Crippen molar-refractivity contribution < 1.29 is 4.63 Å². The fourth-order valence-corrected chi connectivity index (χ4v) is 1.31. The second-order valence-corrected chi connectivity index (χ2v) is 3.44. The first-order valence-electron chi connectivity index (χ1n) is 4.54. The summed E-state index contributed by atoms with van der Waals surface area (Å²) in [5.41, 5.74) is 8.20. The molecule has 1 aromatic heterocycles. The van der Waals surface area contributed by atoms with Crippen LogP contribution in [0.3, 0.4) is 0 Å². The Morgan fingerprint density at radius 2 is 1.80 bits per heavy atom. The highest BCUT2D eigenvalue weighted by atomic mass is 16.6. The van der Waals surface area contributed by atoms with Gasteiger partial charge in [0.15, 0.2) is 11.5 Å². The van der Waals surface area contributed by atoms with Crippen molar-refractivity contribution in [3.05, 3.63) is 24.3 Å². The lowest BCUT2D eigenvalue weighted by molar-refractivity contribution is 0.310. The third-order valence-corrected chi connectivity index (χ3v) is 2.17. The highest BCUT2D eigenvalue weighted by molar-refractivity contribution is 5.70. The lowest BCUT2D eigenvalue weighted by Gasteiger charge is -2.11. The number of nitrogens with two attached hydrogens (primary N) is 1. The third-order valence-electron chi connectivity index (χ3n) is 2.17. The van der Waals surface area contributed by atoms with Gasteiger partial charge in [-0.2, -0.15) is 0 Å². The number of anilines is 2. The minimum absolute atomic E-state index is 0.313. The average molecular weight is 204 g/mol. The molecular weight excluding hydrogens is 192 g/mol. The molecule has 2 N–H and O–H groups in total. The molecule has 2 aromatic rings. The van der Waals surface area contributed by atoms with Crippen molar-refractivity contribution in [2.24, 2.45) is 0 Å². The Morgan fingerprint density at radius 3 is 2.27 bits per heavy atom. The predicted octanol–water partition coefficient (Wildman–Crippen LogP) is 1.38. The quantitative estimate of drug-likeness (QED) is 0.800. The van der Waals surface area contributed by atoms with Gasteiger partial charge in [0.25, 0.3) is 0 Å². The van der Waals surface area contributed by atoms with Gasteiger partial charge in [-0.3, -0.25) is 0 Å². The summed E-state index contributed by atoms with van der Waals surface area (Å²) >= 11 is 0. The van der Waals surface area contributed by atoms with Gasteiger partial charge in [-0.1, -0.05) is 12.1 Å². The molecule has 0 saturated carbocycles. The third kappa shape index (κ3) is 1.76. The number of nitrogen functional groups attached to an aromatic ring is 1. The highest BCUT2D eigenvalue weighted by Crippen LogP contribution is 2.23. The van der Waals surface area contributed by atoms with Crippen molar-refractivity contribution in [3.63, 3.8) is 0 Å². The summed E-state index contributed by atoms with van der Waals surface area (Å²) in [6.45, 7) is 0. The maximum atomic E-state index is 5.59. The van der Waals surface area contributed by atoms with Crippen LogP contribution in [-0.2, 0) is 0 Å². The van der Waals surface area contributed by atoms with Crippen molar-refractivity contribution in [2.75, 3.05) is 24.7 Å². The topological polar surface area (TPSA) is 68.2 Å². The monoisotopic (exact) mass is 204 g/mol. The van der Waals surface area contributed by atoms with E-state index >= 15 is 0 Å². The minimum Gasteiger partial charge on any atom is -0.379 e. The number of nitrogens with zero attached hydrogens (tertiary/aromatic N) is 3. The molecule has 5 nitrogen and oxygen atoms in total. The first kappa shape index (κ1) is 9.51. The van der Waals surface area contributed by atoms with Gasteiger partial charge in [-0.15, -0.1) is 0 Å². The molecule has 0 atom stereocenters. The molecule has 0 radical (unpaired) electrons. The molecule has 1 aromatic carbocycles. The van der Waals surface area contributed by atoms with Gasteiger partial charge in [0.05, 0.1) is 0 Å². The molecule has 0 aliphatic carbocycles. The lowest BCUT2D eigenvalue weighted by atomic mass is 10.1. The van der Waals surface area contributed by atoms with Crippen LogP contribution in [0.25, 0.3) is 11.3 Å². The first-order valence-corrected chi connectivity index (χ1v) is 4.54. The summed E-state index contributed by atoms with van der Waals surface area (Å²) in [6, 6.07) is 7.85. The molecule has 0 amide bonds. The fraction of sp³-hybridized carbons (Fsp3) is 0.200. The second kappa shape index (κ2) is 3.61. The van der Waals surface area contributed by atoms with Crippen molar-refractivity contribution in [2.45, 2.75) is 0 Å². The van der Waals surface area contributed by atoms with E-state index in [9.17, 15) is 0 Å². The van der Waals surface area contributed by atoms with Crippen LogP contribution in [0.4, 0.5) is 11.5 Å². The van der Waals surface area contributed by atoms with Gasteiger partial charge in [-0.25, -0.2) is 4.63 Å².